The van der Waals surface area contributed by atoms with Crippen LogP contribution in [0.1, 0.15) is 5.56 Å². The second-order valence-electron chi connectivity index (χ2n) is 3.96. The SMILES string of the molecule is CN(Cc1cc(Br)ccc1Cl)C1CNC1. The van der Waals surface area contributed by atoms with Crippen LogP contribution in [0.3, 0.4) is 0 Å². The van der Waals surface area contributed by atoms with Crippen LogP contribution in [-0.4, -0.2) is 31.1 Å². The Bertz CT molecular complexity index is 352. The van der Waals surface area contributed by atoms with Crippen LogP contribution in [0.15, 0.2) is 22.7 Å². The van der Waals surface area contributed by atoms with Gasteiger partial charge >= 0.3 is 0 Å². The van der Waals surface area contributed by atoms with Gasteiger partial charge in [0.2, 0.25) is 0 Å². The van der Waals surface area contributed by atoms with Gasteiger partial charge in [-0.15, -0.1) is 0 Å². The van der Waals surface area contributed by atoms with Crippen LogP contribution in [-0.2, 0) is 6.54 Å². The normalized spacial score (nSPS) is 16.8. The van der Waals surface area contributed by atoms with E-state index in [1.54, 1.807) is 0 Å². The van der Waals surface area contributed by atoms with E-state index < -0.39 is 0 Å². The fourth-order valence-corrected chi connectivity index (χ4v) is 2.23. The van der Waals surface area contributed by atoms with Crippen LogP contribution in [0.4, 0.5) is 0 Å². The number of rotatable bonds is 3. The lowest BCUT2D eigenvalue weighted by Crippen LogP contribution is -2.55. The minimum Gasteiger partial charge on any atom is -0.314 e. The lowest BCUT2D eigenvalue weighted by atomic mass is 10.1. The number of nitrogens with one attached hydrogen (secondary N) is 1. The van der Waals surface area contributed by atoms with Crippen molar-refractivity contribution < 1.29 is 0 Å². The molecule has 0 aliphatic carbocycles. The molecule has 0 unspecified atom stereocenters. The molecule has 0 atom stereocenters. The summed E-state index contributed by atoms with van der Waals surface area (Å²) < 4.78 is 1.09. The third-order valence-corrected chi connectivity index (χ3v) is 3.67. The van der Waals surface area contributed by atoms with Crippen molar-refractivity contribution in [1.29, 1.82) is 0 Å². The summed E-state index contributed by atoms with van der Waals surface area (Å²) in [6.07, 6.45) is 0. The maximum absolute atomic E-state index is 6.14. The van der Waals surface area contributed by atoms with Crippen molar-refractivity contribution in [2.24, 2.45) is 0 Å². The molecule has 1 aromatic rings. The van der Waals surface area contributed by atoms with Crippen LogP contribution in [0, 0.1) is 0 Å². The van der Waals surface area contributed by atoms with Gasteiger partial charge < -0.3 is 5.32 Å². The first-order valence-electron chi connectivity index (χ1n) is 5.01. The molecular weight excluding hydrogens is 275 g/mol. The van der Waals surface area contributed by atoms with Crippen LogP contribution in [0.25, 0.3) is 0 Å². The Morgan fingerprint density at radius 3 is 2.87 bits per heavy atom. The van der Waals surface area contributed by atoms with E-state index in [4.69, 9.17) is 11.6 Å². The van der Waals surface area contributed by atoms with E-state index in [9.17, 15) is 0 Å². The summed E-state index contributed by atoms with van der Waals surface area (Å²) in [6, 6.07) is 6.65. The van der Waals surface area contributed by atoms with Crippen molar-refractivity contribution in [1.82, 2.24) is 10.2 Å². The number of hydrogen-bond donors (Lipinski definition) is 1. The summed E-state index contributed by atoms with van der Waals surface area (Å²) in [4.78, 5) is 2.34. The number of likely N-dealkylation sites (N-methyl/N-ethyl adjacent to an activating group) is 1. The van der Waals surface area contributed by atoms with Gasteiger partial charge in [-0.25, -0.2) is 0 Å². The maximum atomic E-state index is 6.14. The second kappa shape index (κ2) is 4.83. The molecule has 0 spiro atoms. The average molecular weight is 290 g/mol. The zero-order chi connectivity index (χ0) is 10.8. The van der Waals surface area contributed by atoms with Gasteiger partial charge in [0, 0.05) is 35.2 Å². The van der Waals surface area contributed by atoms with Gasteiger partial charge in [0.1, 0.15) is 0 Å². The fourth-order valence-electron chi connectivity index (χ4n) is 1.65. The minimum atomic E-state index is 0.653. The van der Waals surface area contributed by atoms with E-state index >= 15 is 0 Å². The van der Waals surface area contributed by atoms with E-state index in [2.05, 4.69) is 39.3 Å². The van der Waals surface area contributed by atoms with Crippen molar-refractivity contribution in [3.05, 3.63) is 33.3 Å². The molecule has 1 saturated heterocycles. The summed E-state index contributed by atoms with van der Waals surface area (Å²) in [6.45, 7) is 3.08. The molecule has 1 N–H and O–H groups in total. The fraction of sp³-hybridized carbons (Fsp3) is 0.455. The van der Waals surface area contributed by atoms with Crippen LogP contribution < -0.4 is 5.32 Å². The Morgan fingerprint density at radius 2 is 2.27 bits per heavy atom. The van der Waals surface area contributed by atoms with Gasteiger partial charge in [-0.2, -0.15) is 0 Å². The Kier molecular flexibility index (Phi) is 3.67. The molecule has 82 valence electrons. The molecule has 1 aliphatic rings. The maximum Gasteiger partial charge on any atom is 0.0451 e. The third kappa shape index (κ3) is 2.72. The summed E-state index contributed by atoms with van der Waals surface area (Å²) in [7, 11) is 2.14. The van der Waals surface area contributed by atoms with Gasteiger partial charge in [0.05, 0.1) is 0 Å². The van der Waals surface area contributed by atoms with E-state index in [0.717, 1.165) is 29.1 Å². The molecular formula is C11H14BrClN2. The van der Waals surface area contributed by atoms with Crippen LogP contribution >= 0.6 is 27.5 Å². The molecule has 2 nitrogen and oxygen atoms in total. The smallest absolute Gasteiger partial charge is 0.0451 e. The van der Waals surface area contributed by atoms with E-state index in [1.807, 2.05) is 12.1 Å². The van der Waals surface area contributed by atoms with Gasteiger partial charge in [0.25, 0.3) is 0 Å². The lowest BCUT2D eigenvalue weighted by Gasteiger charge is -2.35. The molecule has 0 bridgehead atoms. The number of nitrogens with zero attached hydrogens (tertiary/aromatic N) is 1. The monoisotopic (exact) mass is 288 g/mol. The predicted octanol–water partition coefficient (Wildman–Crippen LogP) is 2.51. The van der Waals surface area contributed by atoms with Crippen LogP contribution in [0.2, 0.25) is 5.02 Å². The van der Waals surface area contributed by atoms with Gasteiger partial charge in [0.15, 0.2) is 0 Å². The molecule has 2 rings (SSSR count). The average Bonchev–Trinajstić information content (AvgIpc) is 2.08. The molecule has 1 heterocycles. The quantitative estimate of drug-likeness (QED) is 0.920. The zero-order valence-corrected chi connectivity index (χ0v) is 11.0. The Morgan fingerprint density at radius 1 is 1.53 bits per heavy atom. The minimum absolute atomic E-state index is 0.653. The Balaban J connectivity index is 2.05. The molecule has 1 aliphatic heterocycles. The molecule has 4 heteroatoms. The number of hydrogen-bond acceptors (Lipinski definition) is 2. The molecule has 0 radical (unpaired) electrons. The topological polar surface area (TPSA) is 15.3 Å². The van der Waals surface area contributed by atoms with Crippen molar-refractivity contribution in [3.63, 3.8) is 0 Å². The zero-order valence-electron chi connectivity index (χ0n) is 8.63. The molecule has 0 amide bonds. The first-order valence-corrected chi connectivity index (χ1v) is 6.19. The Hall–Kier alpha value is -0.0900. The first kappa shape index (κ1) is 11.4. The Labute approximate surface area is 104 Å². The molecule has 1 aromatic carbocycles. The highest BCUT2D eigenvalue weighted by molar-refractivity contribution is 9.10. The van der Waals surface area contributed by atoms with Gasteiger partial charge in [-0.1, -0.05) is 27.5 Å². The first-order chi connectivity index (χ1) is 7.16. The standard InChI is InChI=1S/C11H14BrClN2/c1-15(10-5-14-6-10)7-8-4-9(12)2-3-11(8)13/h2-4,10,14H,5-7H2,1H3. The van der Waals surface area contributed by atoms with Gasteiger partial charge in [-0.05, 0) is 30.8 Å². The van der Waals surface area contributed by atoms with Gasteiger partial charge in [-0.3, -0.25) is 4.90 Å². The lowest BCUT2D eigenvalue weighted by molar-refractivity contribution is 0.173. The summed E-state index contributed by atoms with van der Waals surface area (Å²) in [5.74, 6) is 0. The number of halogens is 2. The van der Waals surface area contributed by atoms with Crippen molar-refractivity contribution in [2.75, 3.05) is 20.1 Å². The molecule has 0 aromatic heterocycles. The second-order valence-corrected chi connectivity index (χ2v) is 5.29. The van der Waals surface area contributed by atoms with Crippen LogP contribution in [0.5, 0.6) is 0 Å². The van der Waals surface area contributed by atoms with E-state index in [-0.39, 0.29) is 0 Å². The van der Waals surface area contributed by atoms with E-state index in [1.165, 1.54) is 5.56 Å². The van der Waals surface area contributed by atoms with Crippen molar-refractivity contribution in [3.8, 4) is 0 Å². The highest BCUT2D eigenvalue weighted by Gasteiger charge is 2.21. The third-order valence-electron chi connectivity index (χ3n) is 2.81. The molecule has 1 fully saturated rings. The molecule has 15 heavy (non-hydrogen) atoms. The summed E-state index contributed by atoms with van der Waals surface area (Å²) in [5, 5.41) is 4.11. The highest BCUT2D eigenvalue weighted by Crippen LogP contribution is 2.22. The van der Waals surface area contributed by atoms with Crippen molar-refractivity contribution in [2.45, 2.75) is 12.6 Å². The predicted molar refractivity (Wildman–Crippen MR) is 67.3 cm³/mol. The summed E-state index contributed by atoms with van der Waals surface area (Å²) in [5.41, 5.74) is 1.18. The summed E-state index contributed by atoms with van der Waals surface area (Å²) >= 11 is 9.61. The number of benzene rings is 1. The largest absolute Gasteiger partial charge is 0.314 e. The molecule has 0 saturated carbocycles. The highest BCUT2D eigenvalue weighted by atomic mass is 79.9. The van der Waals surface area contributed by atoms with E-state index in [0.29, 0.717) is 6.04 Å². The van der Waals surface area contributed by atoms with Crippen molar-refractivity contribution >= 4 is 27.5 Å².